The fourth-order valence-corrected chi connectivity index (χ4v) is 6.12. The quantitative estimate of drug-likeness (QED) is 0.587. The maximum absolute atomic E-state index is 13.6. The van der Waals surface area contributed by atoms with Gasteiger partial charge in [0.2, 0.25) is 11.8 Å². The summed E-state index contributed by atoms with van der Waals surface area (Å²) in [5, 5.41) is 6.73. The van der Waals surface area contributed by atoms with Gasteiger partial charge in [-0.2, -0.15) is 16.9 Å². The van der Waals surface area contributed by atoms with Gasteiger partial charge in [0.25, 0.3) is 0 Å². The first-order valence-corrected chi connectivity index (χ1v) is 14.0. The van der Waals surface area contributed by atoms with Crippen LogP contribution in [-0.2, 0) is 9.59 Å². The Bertz CT molecular complexity index is 947. The van der Waals surface area contributed by atoms with E-state index < -0.39 is 6.04 Å². The van der Waals surface area contributed by atoms with E-state index in [2.05, 4.69) is 0 Å². The lowest BCUT2D eigenvalue weighted by molar-refractivity contribution is -0.143. The molecule has 1 aromatic rings. The summed E-state index contributed by atoms with van der Waals surface area (Å²) in [6.45, 7) is 1.21. The van der Waals surface area contributed by atoms with Crippen molar-refractivity contribution < 1.29 is 19.1 Å². The molecule has 3 atom stereocenters. The van der Waals surface area contributed by atoms with Gasteiger partial charge in [0.1, 0.15) is 0 Å². The molecule has 2 amide bonds. The summed E-state index contributed by atoms with van der Waals surface area (Å²) in [6.07, 6.45) is 8.18. The number of methoxy groups -OCH3 is 2. The maximum atomic E-state index is 13.6. The predicted octanol–water partition coefficient (Wildman–Crippen LogP) is 3.13. The molecule has 0 bridgehead atoms. The van der Waals surface area contributed by atoms with Gasteiger partial charge >= 0.3 is 0 Å². The Hall–Kier alpha value is -2.26. The molecule has 2 heterocycles. The third kappa shape index (κ3) is 5.45. The number of ether oxygens (including phenoxy) is 2. The van der Waals surface area contributed by atoms with Crippen LogP contribution in [0.4, 0.5) is 0 Å². The van der Waals surface area contributed by atoms with E-state index in [0.29, 0.717) is 43.9 Å². The minimum atomic E-state index is -0.451. The highest BCUT2D eigenvalue weighted by Crippen LogP contribution is 2.40. The van der Waals surface area contributed by atoms with Crippen LogP contribution in [0.1, 0.15) is 50.5 Å². The minimum absolute atomic E-state index is 0.00741. The second-order valence-corrected chi connectivity index (χ2v) is 10.7. The predicted molar refractivity (Wildman–Crippen MR) is 139 cm³/mol. The molecule has 2 fully saturated rings. The van der Waals surface area contributed by atoms with Crippen LogP contribution in [0, 0.1) is 11.8 Å². The summed E-state index contributed by atoms with van der Waals surface area (Å²) in [7, 11) is 3.26. The van der Waals surface area contributed by atoms with E-state index in [9.17, 15) is 9.59 Å². The minimum Gasteiger partial charge on any atom is -0.493 e. The van der Waals surface area contributed by atoms with E-state index >= 15 is 0 Å². The van der Waals surface area contributed by atoms with E-state index in [1.807, 2.05) is 29.4 Å². The van der Waals surface area contributed by atoms with Gasteiger partial charge in [-0.15, -0.1) is 0 Å². The van der Waals surface area contributed by atoms with Gasteiger partial charge in [0, 0.05) is 30.5 Å². The zero-order chi connectivity index (χ0) is 24.9. The van der Waals surface area contributed by atoms with Gasteiger partial charge in [-0.1, -0.05) is 12.8 Å². The third-order valence-electron chi connectivity index (χ3n) is 7.63. The molecule has 2 aliphatic heterocycles. The van der Waals surface area contributed by atoms with E-state index in [4.69, 9.17) is 20.3 Å². The Morgan fingerprint density at radius 3 is 2.46 bits per heavy atom. The topological polar surface area (TPSA) is 97.5 Å². The van der Waals surface area contributed by atoms with Crippen LogP contribution in [-0.4, -0.2) is 78.8 Å². The molecule has 0 spiro atoms. The summed E-state index contributed by atoms with van der Waals surface area (Å²) in [6, 6.07) is 5.42. The van der Waals surface area contributed by atoms with Crippen LogP contribution in [0.2, 0.25) is 0 Å². The number of hydrazone groups is 1. The zero-order valence-corrected chi connectivity index (χ0v) is 21.9. The van der Waals surface area contributed by atoms with E-state index in [1.54, 1.807) is 31.0 Å². The van der Waals surface area contributed by atoms with E-state index in [-0.39, 0.29) is 29.7 Å². The monoisotopic (exact) mass is 502 g/mol. The van der Waals surface area contributed by atoms with Crippen LogP contribution in [0.3, 0.4) is 0 Å². The number of thioether (sulfide) groups is 1. The first-order valence-electron chi connectivity index (χ1n) is 12.7. The average molecular weight is 503 g/mol. The van der Waals surface area contributed by atoms with Crippen LogP contribution < -0.4 is 15.2 Å². The molecule has 1 aromatic carbocycles. The smallest absolute Gasteiger partial charge is 0.246 e. The second-order valence-electron chi connectivity index (χ2n) is 9.68. The molecule has 3 aliphatic rings. The van der Waals surface area contributed by atoms with Crippen LogP contribution >= 0.6 is 11.8 Å². The Balaban J connectivity index is 1.55. The lowest BCUT2D eigenvalue weighted by Crippen LogP contribution is -2.54. The number of nitrogens with two attached hydrogens (primary N) is 1. The normalized spacial score (nSPS) is 24.0. The van der Waals surface area contributed by atoms with Crippen LogP contribution in [0.15, 0.2) is 23.3 Å². The molecule has 192 valence electrons. The number of nitrogens with zero attached hydrogens (tertiary/aromatic N) is 3. The van der Waals surface area contributed by atoms with Crippen molar-refractivity contribution in [3.8, 4) is 11.5 Å². The third-order valence-corrected chi connectivity index (χ3v) is 8.27. The number of hydrogen-bond donors (Lipinski definition) is 1. The first kappa shape index (κ1) is 25.8. The summed E-state index contributed by atoms with van der Waals surface area (Å²) >= 11 is 1.70. The lowest BCUT2D eigenvalue weighted by Gasteiger charge is -2.43. The Morgan fingerprint density at radius 1 is 1.11 bits per heavy atom. The van der Waals surface area contributed by atoms with Gasteiger partial charge in [-0.25, -0.2) is 5.01 Å². The molecule has 4 rings (SSSR count). The molecule has 1 aliphatic carbocycles. The SMILES string of the molecule is COc1ccc(C2=NN(C3CCN(C(=O)[C@H](N)CCSC)CC3)C(=O)[C@@H]3CCCC[C@H]23)cc1OC. The molecular formula is C26H38N4O4S. The Kier molecular flexibility index (Phi) is 8.59. The van der Waals surface area contributed by atoms with Gasteiger partial charge in [0.05, 0.1) is 32.0 Å². The molecule has 0 unspecified atom stereocenters. The average Bonchev–Trinajstić information content (AvgIpc) is 2.91. The van der Waals surface area contributed by atoms with Crippen molar-refractivity contribution in [2.75, 3.05) is 39.3 Å². The van der Waals surface area contributed by atoms with Crippen molar-refractivity contribution in [3.05, 3.63) is 23.8 Å². The Labute approximate surface area is 212 Å². The standard InChI is InChI=1S/C26H38N4O4S/c1-33-22-9-8-17(16-23(22)34-2)24-19-6-4-5-7-20(19)25(31)30(28-24)18-10-13-29(14-11-18)26(32)21(27)12-15-35-3/h8-9,16,18-21H,4-7,10-15,27H2,1-3H3/t19-,20+,21+/m0/s1. The second kappa shape index (κ2) is 11.6. The number of amides is 2. The summed E-state index contributed by atoms with van der Waals surface area (Å²) in [4.78, 5) is 28.2. The van der Waals surface area contributed by atoms with E-state index in [0.717, 1.165) is 42.7 Å². The molecule has 0 aromatic heterocycles. The largest absolute Gasteiger partial charge is 0.493 e. The number of benzene rings is 1. The number of carbonyl (C=O) groups is 2. The molecule has 1 saturated carbocycles. The molecule has 9 heteroatoms. The number of carbonyl (C=O) groups excluding carboxylic acids is 2. The maximum Gasteiger partial charge on any atom is 0.246 e. The molecule has 0 radical (unpaired) electrons. The number of rotatable bonds is 8. The van der Waals surface area contributed by atoms with Gasteiger partial charge in [0.15, 0.2) is 11.5 Å². The number of likely N-dealkylation sites (tertiary alicyclic amines) is 1. The van der Waals surface area contributed by atoms with Gasteiger partial charge in [-0.05, 0) is 62.3 Å². The molecule has 35 heavy (non-hydrogen) atoms. The molecule has 1 saturated heterocycles. The molecule has 2 N–H and O–H groups in total. The van der Waals surface area contributed by atoms with Crippen molar-refractivity contribution in [3.63, 3.8) is 0 Å². The van der Waals surface area contributed by atoms with Crippen molar-refractivity contribution in [2.24, 2.45) is 22.7 Å². The fourth-order valence-electron chi connectivity index (χ4n) is 5.63. The van der Waals surface area contributed by atoms with Gasteiger partial charge in [-0.3, -0.25) is 9.59 Å². The van der Waals surface area contributed by atoms with Crippen molar-refractivity contribution in [2.45, 2.75) is 57.0 Å². The van der Waals surface area contributed by atoms with Crippen LogP contribution in [0.5, 0.6) is 11.5 Å². The van der Waals surface area contributed by atoms with Gasteiger partial charge < -0.3 is 20.1 Å². The van der Waals surface area contributed by atoms with Crippen molar-refractivity contribution in [1.82, 2.24) is 9.91 Å². The summed E-state index contributed by atoms with van der Waals surface area (Å²) in [5.74, 6) is 2.46. The number of piperidine rings is 1. The number of fused-ring (bicyclic) bond motifs is 1. The summed E-state index contributed by atoms with van der Waals surface area (Å²) < 4.78 is 11.0. The number of hydrogen-bond acceptors (Lipinski definition) is 7. The highest BCUT2D eigenvalue weighted by molar-refractivity contribution is 7.98. The summed E-state index contributed by atoms with van der Waals surface area (Å²) in [5.41, 5.74) is 8.07. The first-order chi connectivity index (χ1) is 17.0. The highest BCUT2D eigenvalue weighted by atomic mass is 32.2. The lowest BCUT2D eigenvalue weighted by atomic mass is 9.73. The highest BCUT2D eigenvalue weighted by Gasteiger charge is 2.44. The van der Waals surface area contributed by atoms with Crippen molar-refractivity contribution in [1.29, 1.82) is 0 Å². The van der Waals surface area contributed by atoms with Crippen LogP contribution in [0.25, 0.3) is 0 Å². The molecule has 8 nitrogen and oxygen atoms in total. The fraction of sp³-hybridized carbons (Fsp3) is 0.654. The molecular weight excluding hydrogens is 464 g/mol. The zero-order valence-electron chi connectivity index (χ0n) is 21.1. The Morgan fingerprint density at radius 2 is 1.80 bits per heavy atom. The van der Waals surface area contributed by atoms with Crippen molar-refractivity contribution >= 4 is 29.3 Å². The van der Waals surface area contributed by atoms with E-state index in [1.165, 1.54) is 0 Å².